The van der Waals surface area contributed by atoms with E-state index in [0.717, 1.165) is 11.1 Å². The smallest absolute Gasteiger partial charge is 0.335 e. The molecule has 0 aromatic heterocycles. The molecule has 182 valence electrons. The van der Waals surface area contributed by atoms with Crippen molar-refractivity contribution in [2.24, 2.45) is 0 Å². The number of hydrogen-bond acceptors (Lipinski definition) is 6. The number of likely N-dealkylation sites (N-methyl/N-ethyl adjacent to an activating group) is 1. The molecule has 0 bridgehead atoms. The van der Waals surface area contributed by atoms with Gasteiger partial charge in [0.2, 0.25) is 0 Å². The summed E-state index contributed by atoms with van der Waals surface area (Å²) in [4.78, 5) is 37.9. The largest absolute Gasteiger partial charge is 0.482 e. The highest BCUT2D eigenvalue weighted by atomic mass is 16.5. The van der Waals surface area contributed by atoms with E-state index in [1.165, 1.54) is 17.0 Å². The number of anilines is 1. The Labute approximate surface area is 201 Å². The van der Waals surface area contributed by atoms with Crippen LogP contribution in [0.2, 0.25) is 0 Å². The van der Waals surface area contributed by atoms with Crippen LogP contribution in [-0.4, -0.2) is 69.9 Å². The number of nitrogens with zero attached hydrogens (tertiary/aromatic N) is 1. The number of hydrogen-bond donors (Lipinski definition) is 4. The molecular weight excluding hydrogens is 452 g/mol. The number of aromatic carboxylic acids is 1. The molecule has 0 aliphatic carbocycles. The highest BCUT2D eigenvalue weighted by Crippen LogP contribution is 2.44. The van der Waals surface area contributed by atoms with Crippen molar-refractivity contribution in [1.82, 2.24) is 4.90 Å². The number of amides is 2. The van der Waals surface area contributed by atoms with Gasteiger partial charge < -0.3 is 30.3 Å². The minimum Gasteiger partial charge on any atom is -0.482 e. The summed E-state index contributed by atoms with van der Waals surface area (Å²) >= 11 is 0. The van der Waals surface area contributed by atoms with Crippen molar-refractivity contribution in [1.29, 1.82) is 0 Å². The van der Waals surface area contributed by atoms with Crippen LogP contribution in [0, 0.1) is 0 Å². The van der Waals surface area contributed by atoms with Gasteiger partial charge in [-0.2, -0.15) is 0 Å². The van der Waals surface area contributed by atoms with Crippen LogP contribution >= 0.6 is 0 Å². The van der Waals surface area contributed by atoms with Crippen LogP contribution < -0.4 is 5.32 Å². The van der Waals surface area contributed by atoms with Gasteiger partial charge in [0.25, 0.3) is 11.8 Å². The first-order valence-electron chi connectivity index (χ1n) is 11.0. The Bertz CT molecular complexity index is 1280. The first-order valence-corrected chi connectivity index (χ1v) is 11.0. The van der Waals surface area contributed by atoms with E-state index in [1.807, 2.05) is 13.8 Å². The van der Waals surface area contributed by atoms with E-state index in [-0.39, 0.29) is 23.9 Å². The molecule has 0 radical (unpaired) electrons. The standard InChI is InChI=1S/C26H26N2O7/c1-26(2)19(14-4-6-15(7-5-14)24(32)28(3)12-17(30)13-29)11-21(35-26)22-18-9-8-16(25(33)34)10-20(18)27-23(22)31/h4-11,17,29-30H,12-13H2,1-3H3,(H,27,31)(H,33,34)/b22-21+. The second-order valence-corrected chi connectivity index (χ2v) is 9.03. The number of aliphatic hydroxyl groups excluding tert-OH is 2. The average Bonchev–Trinajstić information content (AvgIpc) is 3.32. The average molecular weight is 479 g/mol. The number of ether oxygens (including phenoxy) is 1. The van der Waals surface area contributed by atoms with Crippen molar-refractivity contribution < 1.29 is 34.4 Å². The van der Waals surface area contributed by atoms with Crippen molar-refractivity contribution in [3.8, 4) is 0 Å². The SMILES string of the molecule is CN(CC(O)CO)C(=O)c1ccc(C2=C/C(=C3\C(=O)Nc4cc(C(=O)O)ccc43)OC2(C)C)cc1. The summed E-state index contributed by atoms with van der Waals surface area (Å²) in [5.74, 6) is -1.37. The van der Waals surface area contributed by atoms with E-state index in [0.29, 0.717) is 28.1 Å². The fourth-order valence-corrected chi connectivity index (χ4v) is 4.24. The molecule has 2 aromatic carbocycles. The Morgan fingerprint density at radius 2 is 1.77 bits per heavy atom. The van der Waals surface area contributed by atoms with Gasteiger partial charge in [-0.25, -0.2) is 4.79 Å². The summed E-state index contributed by atoms with van der Waals surface area (Å²) in [6, 6.07) is 11.4. The van der Waals surface area contributed by atoms with E-state index < -0.39 is 24.3 Å². The van der Waals surface area contributed by atoms with E-state index in [4.69, 9.17) is 9.84 Å². The maximum absolute atomic E-state index is 12.7. The molecule has 1 unspecified atom stereocenters. The van der Waals surface area contributed by atoms with Gasteiger partial charge in [-0.3, -0.25) is 9.59 Å². The van der Waals surface area contributed by atoms with Gasteiger partial charge in [-0.1, -0.05) is 18.2 Å². The third kappa shape index (κ3) is 4.55. The first-order chi connectivity index (χ1) is 16.5. The van der Waals surface area contributed by atoms with Crippen LogP contribution in [0.3, 0.4) is 0 Å². The topological polar surface area (TPSA) is 136 Å². The highest BCUT2D eigenvalue weighted by molar-refractivity contribution is 6.32. The molecule has 4 rings (SSSR count). The van der Waals surface area contributed by atoms with Crippen molar-refractivity contribution >= 4 is 34.6 Å². The van der Waals surface area contributed by atoms with Crippen LogP contribution in [0.5, 0.6) is 0 Å². The maximum atomic E-state index is 12.7. The van der Waals surface area contributed by atoms with Gasteiger partial charge in [0.15, 0.2) is 0 Å². The number of nitrogens with one attached hydrogen (secondary N) is 1. The van der Waals surface area contributed by atoms with Crippen LogP contribution in [0.15, 0.2) is 54.3 Å². The molecule has 2 aliphatic rings. The Morgan fingerprint density at radius 3 is 2.40 bits per heavy atom. The van der Waals surface area contributed by atoms with Gasteiger partial charge in [0, 0.05) is 30.3 Å². The monoisotopic (exact) mass is 478 g/mol. The van der Waals surface area contributed by atoms with Crippen molar-refractivity contribution in [2.75, 3.05) is 25.5 Å². The van der Waals surface area contributed by atoms with Crippen molar-refractivity contribution in [2.45, 2.75) is 25.6 Å². The molecule has 0 fully saturated rings. The second kappa shape index (κ2) is 9.01. The first kappa shape index (κ1) is 24.2. The molecule has 0 saturated heterocycles. The molecule has 0 saturated carbocycles. The number of fused-ring (bicyclic) bond motifs is 1. The summed E-state index contributed by atoms with van der Waals surface area (Å²) in [6.45, 7) is 3.33. The molecule has 2 aliphatic heterocycles. The van der Waals surface area contributed by atoms with E-state index in [9.17, 15) is 24.6 Å². The van der Waals surface area contributed by atoms with Crippen molar-refractivity contribution in [3.63, 3.8) is 0 Å². The predicted molar refractivity (Wildman–Crippen MR) is 129 cm³/mol. The zero-order valence-corrected chi connectivity index (χ0v) is 19.5. The molecule has 2 heterocycles. The Hall–Kier alpha value is -3.95. The maximum Gasteiger partial charge on any atom is 0.335 e. The fraction of sp³-hybridized carbons (Fsp3) is 0.269. The summed E-state index contributed by atoms with van der Waals surface area (Å²) in [6.07, 6.45) is 0.778. The molecule has 2 aromatic rings. The predicted octanol–water partition coefficient (Wildman–Crippen LogP) is 2.37. The van der Waals surface area contributed by atoms with E-state index in [1.54, 1.807) is 43.5 Å². The lowest BCUT2D eigenvalue weighted by atomic mass is 9.91. The Balaban J connectivity index is 1.65. The molecule has 9 nitrogen and oxygen atoms in total. The molecule has 35 heavy (non-hydrogen) atoms. The normalized spacial score (nSPS) is 18.9. The molecule has 1 atom stereocenters. The van der Waals surface area contributed by atoms with Crippen molar-refractivity contribution in [3.05, 3.63) is 76.6 Å². The highest BCUT2D eigenvalue weighted by Gasteiger charge is 2.38. The lowest BCUT2D eigenvalue weighted by molar-refractivity contribution is -0.111. The van der Waals surface area contributed by atoms with Gasteiger partial charge >= 0.3 is 5.97 Å². The second-order valence-electron chi connectivity index (χ2n) is 9.03. The number of carboxylic acids is 1. The molecule has 0 spiro atoms. The van der Waals surface area contributed by atoms with Crippen LogP contribution in [0.1, 0.15) is 45.7 Å². The Kier molecular flexibility index (Phi) is 6.23. The number of allylic oxidation sites excluding steroid dienone is 1. The number of rotatable bonds is 6. The fourth-order valence-electron chi connectivity index (χ4n) is 4.24. The van der Waals surface area contributed by atoms with Gasteiger partial charge in [-0.15, -0.1) is 0 Å². The number of carbonyl (C=O) groups is 3. The van der Waals surface area contributed by atoms with E-state index in [2.05, 4.69) is 5.32 Å². The lowest BCUT2D eigenvalue weighted by Gasteiger charge is -2.24. The third-order valence-corrected chi connectivity index (χ3v) is 6.03. The number of benzene rings is 2. The summed E-state index contributed by atoms with van der Waals surface area (Å²) in [5.41, 5.74) is 2.67. The molecule has 9 heteroatoms. The molecular formula is C26H26N2O7. The quantitative estimate of drug-likeness (QED) is 0.468. The number of carbonyl (C=O) groups excluding carboxylic acids is 2. The summed E-state index contributed by atoms with van der Waals surface area (Å²) < 4.78 is 6.16. The summed E-state index contributed by atoms with van der Waals surface area (Å²) in [5, 5.41) is 30.5. The zero-order valence-electron chi connectivity index (χ0n) is 19.5. The zero-order chi connectivity index (χ0) is 25.5. The van der Waals surface area contributed by atoms with Crippen LogP contribution in [0.25, 0.3) is 11.1 Å². The van der Waals surface area contributed by atoms with Gasteiger partial charge in [0.05, 0.1) is 29.5 Å². The number of carboxylic acid groups (broad SMARTS) is 1. The number of aliphatic hydroxyl groups is 2. The Morgan fingerprint density at radius 1 is 1.11 bits per heavy atom. The molecule has 4 N–H and O–H groups in total. The molecule has 2 amide bonds. The third-order valence-electron chi connectivity index (χ3n) is 6.03. The van der Waals surface area contributed by atoms with Gasteiger partial charge in [-0.05, 0) is 49.8 Å². The minimum absolute atomic E-state index is 0.0114. The van der Waals surface area contributed by atoms with Crippen LogP contribution in [0.4, 0.5) is 5.69 Å². The minimum atomic E-state index is -1.08. The van der Waals surface area contributed by atoms with Crippen LogP contribution in [-0.2, 0) is 9.53 Å². The lowest BCUT2D eigenvalue weighted by Crippen LogP contribution is -2.35. The van der Waals surface area contributed by atoms with E-state index >= 15 is 0 Å². The van der Waals surface area contributed by atoms with Gasteiger partial charge in [0.1, 0.15) is 11.4 Å². The summed E-state index contributed by atoms with van der Waals surface area (Å²) in [7, 11) is 1.55.